The third kappa shape index (κ3) is 4.14. The summed E-state index contributed by atoms with van der Waals surface area (Å²) >= 11 is 0. The lowest BCUT2D eigenvalue weighted by Gasteiger charge is -2.32. The molecule has 2 aromatic carbocycles. The number of allylic oxidation sites excluding steroid dienone is 4. The maximum Gasteiger partial charge on any atom is 0.253 e. The van der Waals surface area contributed by atoms with E-state index in [1.54, 1.807) is 6.08 Å². The Morgan fingerprint density at radius 3 is 2.53 bits per heavy atom. The third-order valence-electron chi connectivity index (χ3n) is 6.82. The van der Waals surface area contributed by atoms with Gasteiger partial charge in [-0.15, -0.1) is 0 Å². The molecule has 2 aliphatic rings. The van der Waals surface area contributed by atoms with Gasteiger partial charge in [0.2, 0.25) is 0 Å². The molecule has 5 rings (SSSR count). The summed E-state index contributed by atoms with van der Waals surface area (Å²) in [7, 11) is 0. The summed E-state index contributed by atoms with van der Waals surface area (Å²) in [4.78, 5) is 14.9. The fourth-order valence-corrected chi connectivity index (χ4v) is 4.96. The molecule has 1 unspecified atom stereocenters. The number of para-hydroxylation sites is 1. The van der Waals surface area contributed by atoms with Crippen molar-refractivity contribution in [3.8, 4) is 0 Å². The number of halogens is 1. The molecule has 1 fully saturated rings. The van der Waals surface area contributed by atoms with Gasteiger partial charge in [-0.3, -0.25) is 4.79 Å². The van der Waals surface area contributed by atoms with Gasteiger partial charge >= 0.3 is 0 Å². The van der Waals surface area contributed by atoms with Crippen LogP contribution in [0, 0.1) is 6.92 Å². The van der Waals surface area contributed by atoms with Crippen LogP contribution in [0.3, 0.4) is 0 Å². The summed E-state index contributed by atoms with van der Waals surface area (Å²) in [5.41, 5.74) is 5.68. The molecule has 1 atom stereocenters. The SMILES string of the molecule is Cc1ccc(C(=O)N2CCC(c3cn(CC4=CCC(F)C=C4)c4ccccc34)CC2)cc1. The predicted molar refractivity (Wildman–Crippen MR) is 128 cm³/mol. The second kappa shape index (κ2) is 8.78. The van der Waals surface area contributed by atoms with Gasteiger partial charge in [0.05, 0.1) is 0 Å². The van der Waals surface area contributed by atoms with Gasteiger partial charge in [0, 0.05) is 48.7 Å². The molecule has 164 valence electrons. The molecule has 2 heterocycles. The Labute approximate surface area is 188 Å². The monoisotopic (exact) mass is 428 g/mol. The largest absolute Gasteiger partial charge is 0.343 e. The first-order chi connectivity index (χ1) is 15.6. The zero-order valence-corrected chi connectivity index (χ0v) is 18.5. The second-order valence-electron chi connectivity index (χ2n) is 9.05. The van der Waals surface area contributed by atoms with E-state index < -0.39 is 6.17 Å². The zero-order valence-electron chi connectivity index (χ0n) is 18.5. The van der Waals surface area contributed by atoms with Crippen molar-refractivity contribution in [1.82, 2.24) is 9.47 Å². The molecular formula is C28H29FN2O. The first-order valence-corrected chi connectivity index (χ1v) is 11.5. The molecule has 4 heteroatoms. The third-order valence-corrected chi connectivity index (χ3v) is 6.82. The Morgan fingerprint density at radius 1 is 1.06 bits per heavy atom. The minimum absolute atomic E-state index is 0.132. The van der Waals surface area contributed by atoms with Crippen LogP contribution in [0.15, 0.2) is 78.5 Å². The molecule has 1 aromatic heterocycles. The number of fused-ring (bicyclic) bond motifs is 1. The standard InChI is InChI=1S/C28H29FN2O/c1-20-6-10-23(11-7-20)28(32)30-16-14-22(15-17-30)26-19-31(27-5-3-2-4-25(26)27)18-21-8-12-24(29)13-9-21/h2-12,19,22,24H,13-18H2,1H3. The summed E-state index contributed by atoms with van der Waals surface area (Å²) in [6.07, 6.45) is 9.40. The van der Waals surface area contributed by atoms with E-state index in [4.69, 9.17) is 0 Å². The zero-order chi connectivity index (χ0) is 22.1. The van der Waals surface area contributed by atoms with Crippen LogP contribution in [-0.4, -0.2) is 34.6 Å². The Morgan fingerprint density at radius 2 is 1.81 bits per heavy atom. The van der Waals surface area contributed by atoms with Gasteiger partial charge in [0.1, 0.15) is 6.17 Å². The lowest BCUT2D eigenvalue weighted by atomic mass is 9.89. The van der Waals surface area contributed by atoms with Crippen LogP contribution >= 0.6 is 0 Å². The Balaban J connectivity index is 1.33. The van der Waals surface area contributed by atoms with Gasteiger partial charge in [-0.25, -0.2) is 4.39 Å². The van der Waals surface area contributed by atoms with Crippen molar-refractivity contribution >= 4 is 16.8 Å². The molecule has 1 saturated heterocycles. The average molecular weight is 429 g/mol. The Kier molecular flexibility index (Phi) is 5.69. The molecule has 0 spiro atoms. The molecule has 1 aliphatic heterocycles. The summed E-state index contributed by atoms with van der Waals surface area (Å²) in [5.74, 6) is 0.572. The van der Waals surface area contributed by atoms with Gasteiger partial charge in [-0.1, -0.05) is 54.1 Å². The number of piperidine rings is 1. The minimum atomic E-state index is -0.858. The normalized spacial score (nSPS) is 19.4. The van der Waals surface area contributed by atoms with Gasteiger partial charge in [-0.2, -0.15) is 0 Å². The minimum Gasteiger partial charge on any atom is -0.343 e. The number of aryl methyl sites for hydroxylation is 1. The fourth-order valence-electron chi connectivity index (χ4n) is 4.96. The topological polar surface area (TPSA) is 25.2 Å². The highest BCUT2D eigenvalue weighted by Gasteiger charge is 2.26. The second-order valence-corrected chi connectivity index (χ2v) is 9.05. The Bertz CT molecular complexity index is 1180. The molecule has 0 saturated carbocycles. The number of nitrogens with zero attached hydrogens (tertiary/aromatic N) is 2. The number of rotatable bonds is 4. The van der Waals surface area contributed by atoms with Crippen LogP contribution in [0.4, 0.5) is 4.39 Å². The number of likely N-dealkylation sites (tertiary alicyclic amines) is 1. The number of carbonyl (C=O) groups excluding carboxylic acids is 1. The first kappa shape index (κ1) is 20.7. The van der Waals surface area contributed by atoms with Gasteiger partial charge < -0.3 is 9.47 Å². The summed E-state index contributed by atoms with van der Waals surface area (Å²) in [6.45, 7) is 4.36. The van der Waals surface area contributed by atoms with Crippen LogP contribution in [0.5, 0.6) is 0 Å². The van der Waals surface area contributed by atoms with E-state index in [-0.39, 0.29) is 5.91 Å². The predicted octanol–water partition coefficient (Wildman–Crippen LogP) is 6.19. The first-order valence-electron chi connectivity index (χ1n) is 11.5. The maximum absolute atomic E-state index is 13.4. The molecule has 32 heavy (non-hydrogen) atoms. The highest BCUT2D eigenvalue weighted by Crippen LogP contribution is 2.35. The molecule has 0 radical (unpaired) electrons. The number of aromatic nitrogens is 1. The average Bonchev–Trinajstić information content (AvgIpc) is 3.19. The van der Waals surface area contributed by atoms with E-state index in [2.05, 4.69) is 35.0 Å². The number of hydrogen-bond donors (Lipinski definition) is 0. The lowest BCUT2D eigenvalue weighted by Crippen LogP contribution is -2.37. The number of carbonyl (C=O) groups is 1. The van der Waals surface area contributed by atoms with Crippen molar-refractivity contribution in [2.45, 2.75) is 44.8 Å². The molecule has 0 N–H and O–H groups in total. The van der Waals surface area contributed by atoms with E-state index >= 15 is 0 Å². The quantitative estimate of drug-likeness (QED) is 0.486. The number of hydrogen-bond acceptors (Lipinski definition) is 1. The van der Waals surface area contributed by atoms with Gasteiger partial charge in [-0.05, 0) is 55.0 Å². The van der Waals surface area contributed by atoms with Crippen molar-refractivity contribution in [3.05, 3.63) is 95.2 Å². The molecule has 1 aliphatic carbocycles. The number of alkyl halides is 1. The highest BCUT2D eigenvalue weighted by atomic mass is 19.1. The van der Waals surface area contributed by atoms with Crippen molar-refractivity contribution in [3.63, 3.8) is 0 Å². The fraction of sp³-hybridized carbons (Fsp3) is 0.321. The van der Waals surface area contributed by atoms with E-state index in [9.17, 15) is 9.18 Å². The molecular weight excluding hydrogens is 399 g/mol. The molecule has 3 aromatic rings. The van der Waals surface area contributed by atoms with Crippen LogP contribution in [0.25, 0.3) is 10.9 Å². The van der Waals surface area contributed by atoms with Crippen molar-refractivity contribution < 1.29 is 9.18 Å². The van der Waals surface area contributed by atoms with Crippen molar-refractivity contribution in [2.24, 2.45) is 0 Å². The summed E-state index contributed by atoms with van der Waals surface area (Å²) in [6, 6.07) is 16.4. The van der Waals surface area contributed by atoms with Crippen molar-refractivity contribution in [2.75, 3.05) is 13.1 Å². The van der Waals surface area contributed by atoms with E-state index in [0.717, 1.165) is 43.6 Å². The number of amides is 1. The van der Waals surface area contributed by atoms with Crippen LogP contribution < -0.4 is 0 Å². The van der Waals surface area contributed by atoms with Crippen LogP contribution in [-0.2, 0) is 6.54 Å². The van der Waals surface area contributed by atoms with Crippen molar-refractivity contribution in [1.29, 1.82) is 0 Å². The van der Waals surface area contributed by atoms with E-state index in [1.807, 2.05) is 48.2 Å². The van der Waals surface area contributed by atoms with Crippen LogP contribution in [0.1, 0.15) is 46.7 Å². The smallest absolute Gasteiger partial charge is 0.253 e. The molecule has 3 nitrogen and oxygen atoms in total. The summed E-state index contributed by atoms with van der Waals surface area (Å²) in [5, 5.41) is 1.29. The van der Waals surface area contributed by atoms with Gasteiger partial charge in [0.25, 0.3) is 5.91 Å². The van der Waals surface area contributed by atoms with E-state index in [0.29, 0.717) is 12.3 Å². The lowest BCUT2D eigenvalue weighted by molar-refractivity contribution is 0.0713. The van der Waals surface area contributed by atoms with Crippen LogP contribution in [0.2, 0.25) is 0 Å². The van der Waals surface area contributed by atoms with E-state index in [1.165, 1.54) is 22.0 Å². The Hall–Kier alpha value is -3.14. The highest BCUT2D eigenvalue weighted by molar-refractivity contribution is 5.94. The maximum atomic E-state index is 13.4. The van der Waals surface area contributed by atoms with Gasteiger partial charge in [0.15, 0.2) is 0 Å². The summed E-state index contributed by atoms with van der Waals surface area (Å²) < 4.78 is 15.7. The molecule has 1 amide bonds. The molecule has 0 bridgehead atoms. The number of benzene rings is 2.